The molecule has 0 spiro atoms. The van der Waals surface area contributed by atoms with Crippen molar-refractivity contribution < 1.29 is 23.0 Å². The summed E-state index contributed by atoms with van der Waals surface area (Å²) in [7, 11) is 0. The number of aromatic hydroxyl groups is 1. The number of phenolic OH excluding ortho intramolecular Hbond substituents is 1. The molecule has 1 aliphatic heterocycles. The van der Waals surface area contributed by atoms with Crippen molar-refractivity contribution in [3.8, 4) is 11.5 Å². The quantitative estimate of drug-likeness (QED) is 0.635. The van der Waals surface area contributed by atoms with Gasteiger partial charge in [-0.2, -0.15) is 0 Å². The third kappa shape index (κ3) is 6.27. The van der Waals surface area contributed by atoms with Crippen LogP contribution in [0.5, 0.6) is 11.5 Å². The molecule has 3 nitrogen and oxygen atoms in total. The van der Waals surface area contributed by atoms with Crippen molar-refractivity contribution in [2.75, 3.05) is 23.7 Å². The van der Waals surface area contributed by atoms with E-state index in [1.165, 1.54) is 12.1 Å². The number of nitrogens with zero attached hydrogens (tertiary/aromatic N) is 1. The second-order valence-corrected chi connectivity index (χ2v) is 7.77. The van der Waals surface area contributed by atoms with Crippen LogP contribution >= 0.6 is 11.8 Å². The van der Waals surface area contributed by atoms with Gasteiger partial charge in [-0.15, -0.1) is 24.9 Å². The first-order chi connectivity index (χ1) is 12.9. The number of ether oxygens (including phenoxy) is 1. The number of anilines is 1. The van der Waals surface area contributed by atoms with Crippen LogP contribution in [0.25, 0.3) is 0 Å². The van der Waals surface area contributed by atoms with E-state index in [1.807, 2.05) is 12.1 Å². The molecule has 0 aliphatic carbocycles. The Morgan fingerprint density at radius 1 is 1.00 bits per heavy atom. The van der Waals surface area contributed by atoms with Crippen LogP contribution in [0.1, 0.15) is 19.3 Å². The Kier molecular flexibility index (Phi) is 6.42. The molecule has 0 unspecified atom stereocenters. The normalized spacial score (nSPS) is 15.7. The van der Waals surface area contributed by atoms with Crippen LogP contribution < -0.4 is 9.64 Å². The van der Waals surface area contributed by atoms with Crippen molar-refractivity contribution in [3.63, 3.8) is 0 Å². The zero-order chi connectivity index (χ0) is 19.3. The molecule has 3 rings (SSSR count). The predicted molar refractivity (Wildman–Crippen MR) is 102 cm³/mol. The zero-order valence-corrected chi connectivity index (χ0v) is 15.6. The fourth-order valence-electron chi connectivity index (χ4n) is 3.22. The molecule has 7 heteroatoms. The molecule has 2 aromatic rings. The standard InChI is InChI=1S/C20H22F3NO2S/c21-20(22,23)26-18-5-7-19(8-6-18)27-14-11-15-9-12-24(13-10-15)16-1-3-17(25)4-2-16/h1-8,15,25H,9-14H2. The first-order valence-corrected chi connectivity index (χ1v) is 9.90. The van der Waals surface area contributed by atoms with Crippen LogP contribution in [0.3, 0.4) is 0 Å². The van der Waals surface area contributed by atoms with Crippen LogP contribution in [0.4, 0.5) is 18.9 Å². The van der Waals surface area contributed by atoms with Gasteiger partial charge in [-0.25, -0.2) is 0 Å². The van der Waals surface area contributed by atoms with Gasteiger partial charge < -0.3 is 14.7 Å². The Balaban J connectivity index is 1.38. The van der Waals surface area contributed by atoms with E-state index < -0.39 is 6.36 Å². The lowest BCUT2D eigenvalue weighted by molar-refractivity contribution is -0.274. The highest BCUT2D eigenvalue weighted by Gasteiger charge is 2.30. The van der Waals surface area contributed by atoms with Gasteiger partial charge >= 0.3 is 6.36 Å². The van der Waals surface area contributed by atoms with Crippen molar-refractivity contribution >= 4 is 17.4 Å². The lowest BCUT2D eigenvalue weighted by atomic mass is 9.94. The molecule has 146 valence electrons. The number of rotatable bonds is 6. The van der Waals surface area contributed by atoms with Gasteiger partial charge in [-0.1, -0.05) is 0 Å². The summed E-state index contributed by atoms with van der Waals surface area (Å²) in [5.41, 5.74) is 1.14. The number of alkyl halides is 3. The van der Waals surface area contributed by atoms with Gasteiger partial charge in [0.15, 0.2) is 0 Å². The Labute approximate surface area is 161 Å². The molecule has 2 aromatic carbocycles. The van der Waals surface area contributed by atoms with Gasteiger partial charge in [0.2, 0.25) is 0 Å². The van der Waals surface area contributed by atoms with Crippen molar-refractivity contribution in [2.24, 2.45) is 5.92 Å². The smallest absolute Gasteiger partial charge is 0.508 e. The molecule has 1 N–H and O–H groups in total. The van der Waals surface area contributed by atoms with Gasteiger partial charge in [-0.05, 0) is 79.5 Å². The first kappa shape index (κ1) is 19.7. The third-order valence-electron chi connectivity index (χ3n) is 4.68. The van der Waals surface area contributed by atoms with Gasteiger partial charge in [-0.3, -0.25) is 0 Å². The minimum absolute atomic E-state index is 0.187. The molecule has 0 bridgehead atoms. The number of hydrogen-bond donors (Lipinski definition) is 1. The Hall–Kier alpha value is -2.02. The maximum Gasteiger partial charge on any atom is 0.573 e. The van der Waals surface area contributed by atoms with Crippen molar-refractivity contribution in [1.29, 1.82) is 0 Å². The van der Waals surface area contributed by atoms with Crippen LogP contribution in [-0.4, -0.2) is 30.3 Å². The molecule has 1 fully saturated rings. The summed E-state index contributed by atoms with van der Waals surface area (Å²) in [6.07, 6.45) is -1.31. The molecular weight excluding hydrogens is 375 g/mol. The Morgan fingerprint density at radius 2 is 1.63 bits per heavy atom. The van der Waals surface area contributed by atoms with Crippen molar-refractivity contribution in [1.82, 2.24) is 0 Å². The maximum absolute atomic E-state index is 12.2. The third-order valence-corrected chi connectivity index (χ3v) is 5.73. The van der Waals surface area contributed by atoms with E-state index in [1.54, 1.807) is 36.0 Å². The average Bonchev–Trinajstić information content (AvgIpc) is 2.63. The summed E-state index contributed by atoms with van der Waals surface area (Å²) in [6.45, 7) is 2.01. The van der Waals surface area contributed by atoms with E-state index in [-0.39, 0.29) is 11.5 Å². The molecule has 0 amide bonds. The van der Waals surface area contributed by atoms with Crippen molar-refractivity contribution in [2.45, 2.75) is 30.5 Å². The second kappa shape index (κ2) is 8.78. The molecule has 1 aliphatic rings. The van der Waals surface area contributed by atoms with Crippen LogP contribution in [-0.2, 0) is 0 Å². The fraction of sp³-hybridized carbons (Fsp3) is 0.400. The molecular formula is C20H22F3NO2S. The predicted octanol–water partition coefficient (Wildman–Crippen LogP) is 5.69. The minimum atomic E-state index is -4.65. The fourth-order valence-corrected chi connectivity index (χ4v) is 4.24. The van der Waals surface area contributed by atoms with E-state index in [2.05, 4.69) is 9.64 Å². The highest BCUT2D eigenvalue weighted by Crippen LogP contribution is 2.30. The van der Waals surface area contributed by atoms with E-state index in [0.717, 1.165) is 48.7 Å². The zero-order valence-electron chi connectivity index (χ0n) is 14.8. The van der Waals surface area contributed by atoms with Crippen LogP contribution in [0.15, 0.2) is 53.4 Å². The van der Waals surface area contributed by atoms with Gasteiger partial charge in [0, 0.05) is 23.7 Å². The highest BCUT2D eigenvalue weighted by atomic mass is 32.2. The number of piperidine rings is 1. The number of benzene rings is 2. The summed E-state index contributed by atoms with van der Waals surface area (Å²) in [5.74, 6) is 1.71. The minimum Gasteiger partial charge on any atom is -0.508 e. The van der Waals surface area contributed by atoms with Gasteiger partial charge in [0.25, 0.3) is 0 Å². The number of halogens is 3. The molecule has 27 heavy (non-hydrogen) atoms. The molecule has 0 atom stereocenters. The summed E-state index contributed by atoms with van der Waals surface area (Å²) in [4.78, 5) is 3.29. The van der Waals surface area contributed by atoms with Crippen LogP contribution in [0, 0.1) is 5.92 Å². The van der Waals surface area contributed by atoms with E-state index in [4.69, 9.17) is 0 Å². The number of thioether (sulfide) groups is 1. The number of hydrogen-bond acceptors (Lipinski definition) is 4. The topological polar surface area (TPSA) is 32.7 Å². The first-order valence-electron chi connectivity index (χ1n) is 8.92. The van der Waals surface area contributed by atoms with E-state index >= 15 is 0 Å². The van der Waals surface area contributed by atoms with Crippen LogP contribution in [0.2, 0.25) is 0 Å². The second-order valence-electron chi connectivity index (χ2n) is 6.60. The molecule has 1 heterocycles. The average molecular weight is 397 g/mol. The van der Waals surface area contributed by atoms with Gasteiger partial charge in [0.05, 0.1) is 0 Å². The summed E-state index contributed by atoms with van der Waals surface area (Å²) < 4.78 is 40.4. The van der Waals surface area contributed by atoms with Crippen molar-refractivity contribution in [3.05, 3.63) is 48.5 Å². The van der Waals surface area contributed by atoms with E-state index in [0.29, 0.717) is 5.92 Å². The highest BCUT2D eigenvalue weighted by molar-refractivity contribution is 7.99. The lowest BCUT2D eigenvalue weighted by Gasteiger charge is -2.33. The Morgan fingerprint density at radius 3 is 2.22 bits per heavy atom. The van der Waals surface area contributed by atoms with E-state index in [9.17, 15) is 18.3 Å². The number of phenols is 1. The molecule has 0 saturated carbocycles. The Bertz CT molecular complexity index is 712. The molecule has 0 radical (unpaired) electrons. The van der Waals surface area contributed by atoms with Gasteiger partial charge in [0.1, 0.15) is 11.5 Å². The summed E-state index contributed by atoms with van der Waals surface area (Å²) in [6, 6.07) is 13.3. The maximum atomic E-state index is 12.2. The SMILES string of the molecule is Oc1ccc(N2CCC(CCSc3ccc(OC(F)(F)F)cc3)CC2)cc1. The largest absolute Gasteiger partial charge is 0.573 e. The monoisotopic (exact) mass is 397 g/mol. The lowest BCUT2D eigenvalue weighted by Crippen LogP contribution is -2.33. The summed E-state index contributed by atoms with van der Waals surface area (Å²) >= 11 is 1.66. The molecule has 1 saturated heterocycles. The molecule has 0 aromatic heterocycles. The summed E-state index contributed by atoms with van der Waals surface area (Å²) in [5, 5.41) is 9.38.